The van der Waals surface area contributed by atoms with Crippen LogP contribution < -0.4 is 4.90 Å². The van der Waals surface area contributed by atoms with Gasteiger partial charge in [-0.25, -0.2) is 0 Å². The minimum Gasteiger partial charge on any atom is -0.311 e. The molecule has 1 fully saturated rings. The van der Waals surface area contributed by atoms with E-state index in [1.54, 1.807) is 0 Å². The molecule has 0 aromatic heterocycles. The smallest absolute Gasteiger partial charge is 0.229 e. The Bertz CT molecular complexity index is 888. The molecule has 4 rings (SSSR count). The van der Waals surface area contributed by atoms with Crippen LogP contribution in [0.1, 0.15) is 37.8 Å². The average molecular weight is 417 g/mol. The summed E-state index contributed by atoms with van der Waals surface area (Å²) in [5, 5.41) is 1.21. The molecule has 3 nitrogen and oxygen atoms in total. The van der Waals surface area contributed by atoms with E-state index in [4.69, 9.17) is 23.2 Å². The summed E-state index contributed by atoms with van der Waals surface area (Å²) in [6, 6.07) is 14.3. The quantitative estimate of drug-likeness (QED) is 0.656. The molecule has 1 spiro atoms. The molecule has 2 heterocycles. The van der Waals surface area contributed by atoms with E-state index in [2.05, 4.69) is 23.1 Å². The summed E-state index contributed by atoms with van der Waals surface area (Å²) in [7, 11) is 0. The van der Waals surface area contributed by atoms with Crippen LogP contribution in [0.5, 0.6) is 0 Å². The van der Waals surface area contributed by atoms with Gasteiger partial charge < -0.3 is 4.90 Å². The molecule has 28 heavy (non-hydrogen) atoms. The molecular weight excluding hydrogens is 391 g/mol. The maximum atomic E-state index is 12.8. The first-order valence-corrected chi connectivity index (χ1v) is 10.7. The number of carbonyl (C=O) groups excluding carboxylic acids is 1. The Kier molecular flexibility index (Phi) is 5.43. The van der Waals surface area contributed by atoms with Gasteiger partial charge in [0.25, 0.3) is 0 Å². The average Bonchev–Trinajstić information content (AvgIpc) is 3.00. The molecule has 0 radical (unpaired) electrons. The zero-order chi connectivity index (χ0) is 19.9. The molecule has 0 unspecified atom stereocenters. The van der Waals surface area contributed by atoms with Crippen LogP contribution in [0, 0.1) is 5.92 Å². The van der Waals surface area contributed by atoms with Gasteiger partial charge in [-0.1, -0.05) is 61.3 Å². The van der Waals surface area contributed by atoms with Crippen molar-refractivity contribution in [1.82, 2.24) is 4.90 Å². The van der Waals surface area contributed by atoms with Gasteiger partial charge in [0.05, 0.1) is 10.0 Å². The van der Waals surface area contributed by atoms with Gasteiger partial charge in [-0.15, -0.1) is 0 Å². The molecule has 2 aromatic rings. The topological polar surface area (TPSA) is 23.6 Å². The zero-order valence-corrected chi connectivity index (χ0v) is 17.9. The first-order chi connectivity index (χ1) is 13.4. The molecule has 2 aliphatic rings. The largest absolute Gasteiger partial charge is 0.311 e. The number of hydrogen-bond donors (Lipinski definition) is 0. The Morgan fingerprint density at radius 1 is 1.07 bits per heavy atom. The third kappa shape index (κ3) is 3.56. The summed E-state index contributed by atoms with van der Waals surface area (Å²) >= 11 is 12.2. The summed E-state index contributed by atoms with van der Waals surface area (Å²) in [6.45, 7) is 7.68. The Morgan fingerprint density at radius 2 is 1.79 bits per heavy atom. The predicted molar refractivity (Wildman–Crippen MR) is 116 cm³/mol. The van der Waals surface area contributed by atoms with Crippen molar-refractivity contribution in [2.45, 2.75) is 38.6 Å². The van der Waals surface area contributed by atoms with Crippen LogP contribution in [0.2, 0.25) is 10.0 Å². The highest BCUT2D eigenvalue weighted by atomic mass is 35.5. The lowest BCUT2D eigenvalue weighted by molar-refractivity contribution is -0.121. The van der Waals surface area contributed by atoms with Gasteiger partial charge in [0.2, 0.25) is 5.91 Å². The standard InChI is InChI=1S/C23H26Cl2N2O/c1-16(2)22(28)27-15-23(18-5-3-4-6-21(18)27)9-11-26(12-10-23)14-17-7-8-19(24)20(25)13-17/h3-8,13,16H,9-12,14-15H2,1-2H3. The number of halogens is 2. The van der Waals surface area contributed by atoms with Crippen LogP contribution in [0.4, 0.5) is 5.69 Å². The Morgan fingerprint density at radius 3 is 2.46 bits per heavy atom. The molecule has 148 valence electrons. The van der Waals surface area contributed by atoms with E-state index in [9.17, 15) is 4.79 Å². The number of benzene rings is 2. The monoisotopic (exact) mass is 416 g/mol. The van der Waals surface area contributed by atoms with Crippen molar-refractivity contribution in [2.24, 2.45) is 5.92 Å². The van der Waals surface area contributed by atoms with Crippen LogP contribution in [-0.2, 0) is 16.8 Å². The maximum Gasteiger partial charge on any atom is 0.229 e. The first kappa shape index (κ1) is 19.8. The highest BCUT2D eigenvalue weighted by Gasteiger charge is 2.46. The molecule has 2 aliphatic heterocycles. The molecule has 0 aliphatic carbocycles. The van der Waals surface area contributed by atoms with Crippen LogP contribution in [-0.4, -0.2) is 30.4 Å². The number of amides is 1. The van der Waals surface area contributed by atoms with E-state index < -0.39 is 0 Å². The van der Waals surface area contributed by atoms with Gasteiger partial charge in [-0.2, -0.15) is 0 Å². The number of hydrogen-bond acceptors (Lipinski definition) is 2. The van der Waals surface area contributed by atoms with Crippen molar-refractivity contribution in [1.29, 1.82) is 0 Å². The lowest BCUT2D eigenvalue weighted by Gasteiger charge is -2.40. The van der Waals surface area contributed by atoms with E-state index in [1.165, 1.54) is 11.1 Å². The fraction of sp³-hybridized carbons (Fsp3) is 0.435. The van der Waals surface area contributed by atoms with Gasteiger partial charge in [0, 0.05) is 30.1 Å². The minimum atomic E-state index is 0.0120. The number of fused-ring (bicyclic) bond motifs is 2. The second kappa shape index (κ2) is 7.70. The highest BCUT2D eigenvalue weighted by Crippen LogP contribution is 2.47. The van der Waals surface area contributed by atoms with Gasteiger partial charge in [-0.3, -0.25) is 9.69 Å². The maximum absolute atomic E-state index is 12.8. The predicted octanol–water partition coefficient (Wildman–Crippen LogP) is 5.53. The number of rotatable bonds is 3. The van der Waals surface area contributed by atoms with Crippen molar-refractivity contribution in [2.75, 3.05) is 24.5 Å². The summed E-state index contributed by atoms with van der Waals surface area (Å²) in [5.41, 5.74) is 3.72. The molecule has 0 atom stereocenters. The van der Waals surface area contributed by atoms with Crippen LogP contribution in [0.25, 0.3) is 0 Å². The van der Waals surface area contributed by atoms with Gasteiger partial charge in [0.15, 0.2) is 0 Å². The summed E-state index contributed by atoms with van der Waals surface area (Å²) < 4.78 is 0. The van der Waals surface area contributed by atoms with E-state index in [1.807, 2.05) is 43.0 Å². The van der Waals surface area contributed by atoms with Gasteiger partial charge >= 0.3 is 0 Å². The Balaban J connectivity index is 1.50. The summed E-state index contributed by atoms with van der Waals surface area (Å²) in [6.07, 6.45) is 2.13. The SMILES string of the molecule is CC(C)C(=O)N1CC2(CCN(Cc3ccc(Cl)c(Cl)c3)CC2)c2ccccc21. The number of nitrogens with zero attached hydrogens (tertiary/aromatic N) is 2. The molecule has 0 N–H and O–H groups in total. The van der Waals surface area contributed by atoms with Gasteiger partial charge in [0.1, 0.15) is 0 Å². The Hall–Kier alpha value is -1.55. The van der Waals surface area contributed by atoms with Crippen molar-refractivity contribution in [3.8, 4) is 0 Å². The number of anilines is 1. The minimum absolute atomic E-state index is 0.0120. The molecule has 1 saturated heterocycles. The Labute approximate surface area is 177 Å². The number of para-hydroxylation sites is 1. The van der Waals surface area contributed by atoms with Gasteiger partial charge in [-0.05, 0) is 55.3 Å². The third-order valence-electron chi connectivity index (χ3n) is 6.19. The molecule has 2 aromatic carbocycles. The van der Waals surface area contributed by atoms with Crippen molar-refractivity contribution >= 4 is 34.8 Å². The normalized spacial score (nSPS) is 18.7. The molecule has 1 amide bonds. The van der Waals surface area contributed by atoms with Crippen LogP contribution in [0.3, 0.4) is 0 Å². The second-order valence-electron chi connectivity index (χ2n) is 8.40. The van der Waals surface area contributed by atoms with E-state index >= 15 is 0 Å². The van der Waals surface area contributed by atoms with Crippen LogP contribution in [0.15, 0.2) is 42.5 Å². The summed E-state index contributed by atoms with van der Waals surface area (Å²) in [5.74, 6) is 0.237. The highest BCUT2D eigenvalue weighted by molar-refractivity contribution is 6.42. The second-order valence-corrected chi connectivity index (χ2v) is 9.22. The lowest BCUT2D eigenvalue weighted by atomic mass is 9.74. The van der Waals surface area contributed by atoms with E-state index in [-0.39, 0.29) is 17.2 Å². The third-order valence-corrected chi connectivity index (χ3v) is 6.93. The van der Waals surface area contributed by atoms with Crippen LogP contribution >= 0.6 is 23.2 Å². The fourth-order valence-electron chi connectivity index (χ4n) is 4.60. The zero-order valence-electron chi connectivity index (χ0n) is 16.4. The van der Waals surface area contributed by atoms with Crippen molar-refractivity contribution in [3.63, 3.8) is 0 Å². The molecule has 5 heteroatoms. The summed E-state index contributed by atoms with van der Waals surface area (Å²) in [4.78, 5) is 17.3. The van der Waals surface area contributed by atoms with Crippen molar-refractivity contribution in [3.05, 3.63) is 63.6 Å². The molecule has 0 saturated carbocycles. The molecule has 0 bridgehead atoms. The van der Waals surface area contributed by atoms with E-state index in [0.717, 1.165) is 44.7 Å². The molecular formula is C23H26Cl2N2O. The van der Waals surface area contributed by atoms with E-state index in [0.29, 0.717) is 10.0 Å². The number of carbonyl (C=O) groups is 1. The number of likely N-dealkylation sites (tertiary alicyclic amines) is 1. The number of piperidine rings is 1. The van der Waals surface area contributed by atoms with Crippen molar-refractivity contribution < 1.29 is 4.79 Å². The fourth-order valence-corrected chi connectivity index (χ4v) is 4.92. The first-order valence-electron chi connectivity index (χ1n) is 9.97. The lowest BCUT2D eigenvalue weighted by Crippen LogP contribution is -2.46.